The van der Waals surface area contributed by atoms with E-state index in [9.17, 15) is 4.79 Å². The molecule has 1 aromatic carbocycles. The minimum Gasteiger partial charge on any atom is -0.356 e. The van der Waals surface area contributed by atoms with Gasteiger partial charge in [0.1, 0.15) is 5.82 Å². The van der Waals surface area contributed by atoms with E-state index in [1.54, 1.807) is 0 Å². The molecule has 130 valence electrons. The van der Waals surface area contributed by atoms with E-state index in [-0.39, 0.29) is 11.9 Å². The molecule has 4 rings (SSSR count). The number of amides is 1. The van der Waals surface area contributed by atoms with Crippen molar-refractivity contribution in [2.45, 2.75) is 38.1 Å². The summed E-state index contributed by atoms with van der Waals surface area (Å²) in [6.07, 6.45) is 7.72. The van der Waals surface area contributed by atoms with Crippen LogP contribution >= 0.6 is 0 Å². The minimum atomic E-state index is 0.136. The Morgan fingerprint density at radius 1 is 0.920 bits per heavy atom. The predicted octanol–water partition coefficient (Wildman–Crippen LogP) is 4.05. The smallest absolute Gasteiger partial charge is 0.254 e. The highest BCUT2D eigenvalue weighted by Gasteiger charge is 2.33. The number of hydrogen-bond acceptors (Lipinski definition) is 3. The summed E-state index contributed by atoms with van der Waals surface area (Å²) in [6.45, 7) is 2.97. The van der Waals surface area contributed by atoms with Crippen LogP contribution in [0, 0.1) is 0 Å². The Morgan fingerprint density at radius 3 is 2.52 bits per heavy atom. The van der Waals surface area contributed by atoms with Crippen LogP contribution in [0.1, 0.15) is 54.1 Å². The first kappa shape index (κ1) is 16.1. The summed E-state index contributed by atoms with van der Waals surface area (Å²) in [4.78, 5) is 22.2. The van der Waals surface area contributed by atoms with Gasteiger partial charge in [-0.1, -0.05) is 24.3 Å². The second kappa shape index (κ2) is 7.26. The van der Waals surface area contributed by atoms with Crippen molar-refractivity contribution in [2.75, 3.05) is 24.5 Å². The Kier molecular flexibility index (Phi) is 4.68. The van der Waals surface area contributed by atoms with Gasteiger partial charge in [0, 0.05) is 37.0 Å². The van der Waals surface area contributed by atoms with E-state index < -0.39 is 0 Å². The number of piperidine rings is 1. The molecule has 0 unspecified atom stereocenters. The average Bonchev–Trinajstić information content (AvgIpc) is 3.18. The molecule has 1 aromatic heterocycles. The fourth-order valence-electron chi connectivity index (χ4n) is 4.12. The summed E-state index contributed by atoms with van der Waals surface area (Å²) in [6, 6.07) is 13.9. The van der Waals surface area contributed by atoms with Gasteiger partial charge in [0.2, 0.25) is 0 Å². The molecule has 1 amide bonds. The maximum absolute atomic E-state index is 13.0. The highest BCUT2D eigenvalue weighted by atomic mass is 16.2. The monoisotopic (exact) mass is 335 g/mol. The van der Waals surface area contributed by atoms with Gasteiger partial charge in [-0.05, 0) is 50.3 Å². The van der Waals surface area contributed by atoms with Gasteiger partial charge >= 0.3 is 0 Å². The normalized spacial score (nSPS) is 20.7. The molecule has 3 heterocycles. The topological polar surface area (TPSA) is 36.4 Å². The molecule has 2 aromatic rings. The van der Waals surface area contributed by atoms with Crippen LogP contribution in [-0.2, 0) is 0 Å². The van der Waals surface area contributed by atoms with Gasteiger partial charge in [0.05, 0.1) is 6.04 Å². The Hall–Kier alpha value is -2.36. The minimum absolute atomic E-state index is 0.136. The third kappa shape index (κ3) is 3.26. The molecule has 0 N–H and O–H groups in total. The fraction of sp³-hybridized carbons (Fsp3) is 0.429. The zero-order chi connectivity index (χ0) is 17.1. The van der Waals surface area contributed by atoms with Crippen molar-refractivity contribution < 1.29 is 4.79 Å². The highest BCUT2D eigenvalue weighted by molar-refractivity contribution is 5.94. The fourth-order valence-corrected chi connectivity index (χ4v) is 4.12. The zero-order valence-electron chi connectivity index (χ0n) is 14.6. The Balaban J connectivity index is 1.63. The lowest BCUT2D eigenvalue weighted by molar-refractivity contribution is 0.0735. The summed E-state index contributed by atoms with van der Waals surface area (Å²) in [5.74, 6) is 1.22. The molecule has 0 bridgehead atoms. The zero-order valence-corrected chi connectivity index (χ0v) is 14.6. The van der Waals surface area contributed by atoms with Crippen molar-refractivity contribution in [3.8, 4) is 0 Å². The second-order valence-electron chi connectivity index (χ2n) is 6.99. The Labute approximate surface area is 149 Å². The van der Waals surface area contributed by atoms with Crippen LogP contribution in [0.3, 0.4) is 0 Å². The SMILES string of the molecule is O=C(c1ccccc1)N1CCC[C@@H]1c1cccnc1N1CCCCC1. The van der Waals surface area contributed by atoms with E-state index in [0.717, 1.165) is 43.9 Å². The molecule has 1 atom stereocenters. The molecule has 2 fully saturated rings. The highest BCUT2D eigenvalue weighted by Crippen LogP contribution is 2.37. The number of aromatic nitrogens is 1. The van der Waals surface area contributed by atoms with Crippen LogP contribution in [0.4, 0.5) is 5.82 Å². The molecule has 2 aliphatic heterocycles. The number of pyridine rings is 1. The van der Waals surface area contributed by atoms with Crippen LogP contribution in [0.25, 0.3) is 0 Å². The first-order valence-electron chi connectivity index (χ1n) is 9.40. The van der Waals surface area contributed by atoms with Crippen LogP contribution in [0.5, 0.6) is 0 Å². The molecule has 0 spiro atoms. The number of nitrogens with zero attached hydrogens (tertiary/aromatic N) is 3. The molecule has 0 saturated carbocycles. The van der Waals surface area contributed by atoms with Gasteiger partial charge in [0.15, 0.2) is 0 Å². The third-order valence-corrected chi connectivity index (χ3v) is 5.37. The van der Waals surface area contributed by atoms with E-state index >= 15 is 0 Å². The summed E-state index contributed by atoms with van der Waals surface area (Å²) in [7, 11) is 0. The van der Waals surface area contributed by atoms with E-state index in [1.165, 1.54) is 24.8 Å². The largest absolute Gasteiger partial charge is 0.356 e. The van der Waals surface area contributed by atoms with Crippen LogP contribution in [-0.4, -0.2) is 35.4 Å². The molecule has 2 saturated heterocycles. The van der Waals surface area contributed by atoms with Crippen molar-refractivity contribution in [3.63, 3.8) is 0 Å². The third-order valence-electron chi connectivity index (χ3n) is 5.37. The maximum Gasteiger partial charge on any atom is 0.254 e. The number of anilines is 1. The number of carbonyl (C=O) groups excluding carboxylic acids is 1. The molecule has 4 heteroatoms. The van der Waals surface area contributed by atoms with E-state index in [0.29, 0.717) is 0 Å². The average molecular weight is 335 g/mol. The molecule has 25 heavy (non-hydrogen) atoms. The quantitative estimate of drug-likeness (QED) is 0.849. The first-order chi connectivity index (χ1) is 12.3. The van der Waals surface area contributed by atoms with Crippen molar-refractivity contribution >= 4 is 11.7 Å². The lowest BCUT2D eigenvalue weighted by Crippen LogP contribution is -2.34. The van der Waals surface area contributed by atoms with E-state index in [2.05, 4.69) is 11.0 Å². The number of likely N-dealkylation sites (tertiary alicyclic amines) is 1. The number of rotatable bonds is 3. The molecule has 4 nitrogen and oxygen atoms in total. The Bertz CT molecular complexity index is 725. The van der Waals surface area contributed by atoms with Gasteiger partial charge in [-0.15, -0.1) is 0 Å². The number of benzene rings is 1. The summed E-state index contributed by atoms with van der Waals surface area (Å²) in [5, 5.41) is 0. The molecule has 2 aliphatic rings. The molecule has 0 aliphatic carbocycles. The van der Waals surface area contributed by atoms with E-state index in [1.807, 2.05) is 47.5 Å². The summed E-state index contributed by atoms with van der Waals surface area (Å²) >= 11 is 0. The molecular weight excluding hydrogens is 310 g/mol. The van der Waals surface area contributed by atoms with Crippen molar-refractivity contribution in [1.29, 1.82) is 0 Å². The summed E-state index contributed by atoms with van der Waals surface area (Å²) in [5.41, 5.74) is 1.99. The van der Waals surface area contributed by atoms with Crippen molar-refractivity contribution in [3.05, 3.63) is 59.8 Å². The number of carbonyl (C=O) groups is 1. The van der Waals surface area contributed by atoms with E-state index in [4.69, 9.17) is 4.98 Å². The second-order valence-corrected chi connectivity index (χ2v) is 6.99. The van der Waals surface area contributed by atoms with Gasteiger partial charge in [-0.25, -0.2) is 4.98 Å². The van der Waals surface area contributed by atoms with Crippen molar-refractivity contribution in [1.82, 2.24) is 9.88 Å². The van der Waals surface area contributed by atoms with Crippen LogP contribution in [0.15, 0.2) is 48.7 Å². The standard InChI is InChI=1S/C21H25N3O/c25-21(17-9-3-1-4-10-17)24-16-8-12-19(24)18-11-7-13-22-20(18)23-14-5-2-6-15-23/h1,3-4,7,9-11,13,19H,2,5-6,8,12,14-16H2/t19-/m1/s1. The van der Waals surface area contributed by atoms with Crippen LogP contribution in [0.2, 0.25) is 0 Å². The van der Waals surface area contributed by atoms with Gasteiger partial charge in [-0.3, -0.25) is 4.79 Å². The lowest BCUT2D eigenvalue weighted by Gasteiger charge is -2.33. The molecular formula is C21H25N3O. The predicted molar refractivity (Wildman–Crippen MR) is 99.8 cm³/mol. The van der Waals surface area contributed by atoms with Gasteiger partial charge in [0.25, 0.3) is 5.91 Å². The Morgan fingerprint density at radius 2 is 1.72 bits per heavy atom. The lowest BCUT2D eigenvalue weighted by atomic mass is 10.0. The summed E-state index contributed by atoms with van der Waals surface area (Å²) < 4.78 is 0. The maximum atomic E-state index is 13.0. The first-order valence-corrected chi connectivity index (χ1v) is 9.40. The van der Waals surface area contributed by atoms with Crippen LogP contribution < -0.4 is 4.90 Å². The van der Waals surface area contributed by atoms with Crippen molar-refractivity contribution in [2.24, 2.45) is 0 Å². The molecule has 0 radical (unpaired) electrons. The van der Waals surface area contributed by atoms with Gasteiger partial charge < -0.3 is 9.80 Å². The number of hydrogen-bond donors (Lipinski definition) is 0. The van der Waals surface area contributed by atoms with Gasteiger partial charge in [-0.2, -0.15) is 0 Å².